The van der Waals surface area contributed by atoms with Gasteiger partial charge in [-0.3, -0.25) is 4.79 Å². The summed E-state index contributed by atoms with van der Waals surface area (Å²) in [6.45, 7) is 1.87. The number of ether oxygens (including phenoxy) is 1. The van der Waals surface area contributed by atoms with Crippen molar-refractivity contribution >= 4 is 45.0 Å². The summed E-state index contributed by atoms with van der Waals surface area (Å²) in [7, 11) is -2.01. The molecule has 1 heterocycles. The second-order valence-electron chi connectivity index (χ2n) is 7.96. The van der Waals surface area contributed by atoms with E-state index in [1.807, 2.05) is 36.4 Å². The molecule has 0 unspecified atom stereocenters. The molecule has 1 aliphatic heterocycles. The van der Waals surface area contributed by atoms with E-state index in [0.717, 1.165) is 17.0 Å². The fourth-order valence-electron chi connectivity index (χ4n) is 3.85. The van der Waals surface area contributed by atoms with Crippen molar-refractivity contribution < 1.29 is 17.9 Å². The molecular weight excluding hydrogens is 486 g/mol. The number of halogens is 1. The number of benzene rings is 3. The lowest BCUT2D eigenvalue weighted by molar-refractivity contribution is -0.111. The minimum absolute atomic E-state index is 0.193. The first-order valence-electron chi connectivity index (χ1n) is 11.1. The summed E-state index contributed by atoms with van der Waals surface area (Å²) >= 11 is 5.86. The van der Waals surface area contributed by atoms with Crippen molar-refractivity contribution in [1.82, 2.24) is 4.31 Å². The summed E-state index contributed by atoms with van der Waals surface area (Å²) in [6.07, 6.45) is 3.09. The number of hydrogen-bond acceptors (Lipinski definition) is 5. The fraction of sp³-hybridized carbons (Fsp3) is 0.192. The Morgan fingerprint density at radius 1 is 0.943 bits per heavy atom. The van der Waals surface area contributed by atoms with Gasteiger partial charge in [0.05, 0.1) is 17.7 Å². The second-order valence-corrected chi connectivity index (χ2v) is 10.3. The van der Waals surface area contributed by atoms with E-state index in [-0.39, 0.29) is 10.8 Å². The molecule has 1 fully saturated rings. The number of rotatable bonds is 7. The third-order valence-corrected chi connectivity index (χ3v) is 7.89. The summed E-state index contributed by atoms with van der Waals surface area (Å²) in [5, 5.41) is 3.36. The molecule has 1 saturated heterocycles. The fourth-order valence-corrected chi connectivity index (χ4v) is 5.40. The molecule has 1 aliphatic rings. The predicted molar refractivity (Wildman–Crippen MR) is 140 cm³/mol. The molecule has 7 nitrogen and oxygen atoms in total. The van der Waals surface area contributed by atoms with Crippen LogP contribution in [0.25, 0.3) is 6.08 Å². The largest absolute Gasteiger partial charge is 0.495 e. The zero-order valence-electron chi connectivity index (χ0n) is 19.2. The monoisotopic (exact) mass is 511 g/mol. The highest BCUT2D eigenvalue weighted by Gasteiger charge is 2.29. The molecular formula is C26H26ClN3O4S. The molecule has 0 aliphatic carbocycles. The van der Waals surface area contributed by atoms with Gasteiger partial charge in [-0.15, -0.1) is 0 Å². The molecule has 0 spiro atoms. The number of carbonyl (C=O) groups excluding carboxylic acids is 1. The predicted octanol–water partition coefficient (Wildman–Crippen LogP) is 4.51. The number of amides is 1. The minimum atomic E-state index is -3.64. The van der Waals surface area contributed by atoms with E-state index in [1.165, 1.54) is 22.5 Å². The van der Waals surface area contributed by atoms with Crippen molar-refractivity contribution in [3.05, 3.63) is 89.5 Å². The number of nitrogens with one attached hydrogen (secondary N) is 1. The van der Waals surface area contributed by atoms with Gasteiger partial charge >= 0.3 is 0 Å². The maximum Gasteiger partial charge on any atom is 0.248 e. The molecule has 4 rings (SSSR count). The quantitative estimate of drug-likeness (QED) is 0.472. The van der Waals surface area contributed by atoms with Gasteiger partial charge < -0.3 is 15.0 Å². The highest BCUT2D eigenvalue weighted by atomic mass is 35.5. The van der Waals surface area contributed by atoms with Crippen LogP contribution in [0.4, 0.5) is 11.4 Å². The first-order chi connectivity index (χ1) is 16.9. The van der Waals surface area contributed by atoms with Crippen LogP contribution in [0, 0.1) is 0 Å². The molecule has 182 valence electrons. The molecule has 0 radical (unpaired) electrons. The van der Waals surface area contributed by atoms with Crippen LogP contribution in [-0.4, -0.2) is 51.9 Å². The van der Waals surface area contributed by atoms with E-state index in [0.29, 0.717) is 36.9 Å². The third kappa shape index (κ3) is 6.03. The Hall–Kier alpha value is -3.33. The molecule has 0 bridgehead atoms. The van der Waals surface area contributed by atoms with Crippen LogP contribution in [0.5, 0.6) is 5.75 Å². The van der Waals surface area contributed by atoms with E-state index < -0.39 is 10.0 Å². The molecule has 1 N–H and O–H groups in total. The average molecular weight is 512 g/mol. The Balaban J connectivity index is 1.36. The van der Waals surface area contributed by atoms with Crippen LogP contribution < -0.4 is 15.0 Å². The van der Waals surface area contributed by atoms with E-state index in [9.17, 15) is 13.2 Å². The summed E-state index contributed by atoms with van der Waals surface area (Å²) in [5.74, 6) is 0.451. The average Bonchev–Trinajstić information content (AvgIpc) is 2.89. The van der Waals surface area contributed by atoms with Gasteiger partial charge in [-0.25, -0.2) is 8.42 Å². The Kier molecular flexibility index (Phi) is 7.75. The van der Waals surface area contributed by atoms with Crippen molar-refractivity contribution in [2.24, 2.45) is 0 Å². The van der Waals surface area contributed by atoms with E-state index >= 15 is 0 Å². The van der Waals surface area contributed by atoms with Gasteiger partial charge in [0.25, 0.3) is 0 Å². The Bertz CT molecular complexity index is 1300. The SMILES string of the molecule is COc1ccccc1N1CCN(S(=O)(=O)c2ccc(NC(=O)/C=C/c3ccc(Cl)cc3)cc2)CC1. The molecule has 0 saturated carbocycles. The van der Waals surface area contributed by atoms with Gasteiger partial charge in [0.2, 0.25) is 15.9 Å². The topological polar surface area (TPSA) is 79.0 Å². The molecule has 9 heteroatoms. The van der Waals surface area contributed by atoms with Gasteiger partial charge in [-0.2, -0.15) is 4.31 Å². The second kappa shape index (κ2) is 10.9. The standard InChI is InChI=1S/C26H26ClN3O4S/c1-34-25-5-3-2-4-24(25)29-16-18-30(19-17-29)35(32,33)23-13-11-22(12-14-23)28-26(31)15-8-20-6-9-21(27)10-7-20/h2-15H,16-19H2,1H3,(H,28,31)/b15-8+. The van der Waals surface area contributed by atoms with Gasteiger partial charge in [-0.1, -0.05) is 35.9 Å². The van der Waals surface area contributed by atoms with Crippen LogP contribution in [0.1, 0.15) is 5.56 Å². The number of para-hydroxylation sites is 2. The number of sulfonamides is 1. The molecule has 0 atom stereocenters. The summed E-state index contributed by atoms with van der Waals surface area (Å²) in [6, 6.07) is 21.0. The molecule has 3 aromatic carbocycles. The maximum absolute atomic E-state index is 13.1. The van der Waals surface area contributed by atoms with Crippen LogP contribution in [0.3, 0.4) is 0 Å². The Morgan fingerprint density at radius 2 is 1.60 bits per heavy atom. The van der Waals surface area contributed by atoms with Crippen molar-refractivity contribution in [1.29, 1.82) is 0 Å². The van der Waals surface area contributed by atoms with Crippen LogP contribution >= 0.6 is 11.6 Å². The zero-order chi connectivity index (χ0) is 24.8. The molecule has 3 aromatic rings. The molecule has 0 aromatic heterocycles. The van der Waals surface area contributed by atoms with Crippen molar-refractivity contribution in [3.8, 4) is 5.75 Å². The lowest BCUT2D eigenvalue weighted by Crippen LogP contribution is -2.48. The number of anilines is 2. The Labute approximate surface area is 210 Å². The Morgan fingerprint density at radius 3 is 2.26 bits per heavy atom. The van der Waals surface area contributed by atoms with E-state index in [1.54, 1.807) is 37.5 Å². The molecule has 35 heavy (non-hydrogen) atoms. The van der Waals surface area contributed by atoms with Crippen LogP contribution in [-0.2, 0) is 14.8 Å². The van der Waals surface area contributed by atoms with E-state index in [2.05, 4.69) is 10.2 Å². The zero-order valence-corrected chi connectivity index (χ0v) is 20.8. The van der Waals surface area contributed by atoms with Gasteiger partial charge in [0, 0.05) is 43.0 Å². The first kappa shape index (κ1) is 24.8. The number of piperazine rings is 1. The number of carbonyl (C=O) groups is 1. The minimum Gasteiger partial charge on any atom is -0.495 e. The van der Waals surface area contributed by atoms with Crippen molar-refractivity contribution in [2.75, 3.05) is 43.5 Å². The summed E-state index contributed by atoms with van der Waals surface area (Å²) in [5.41, 5.74) is 2.31. The summed E-state index contributed by atoms with van der Waals surface area (Å²) < 4.78 is 33.2. The maximum atomic E-state index is 13.1. The van der Waals surface area contributed by atoms with Gasteiger partial charge in [0.15, 0.2) is 0 Å². The van der Waals surface area contributed by atoms with Crippen molar-refractivity contribution in [3.63, 3.8) is 0 Å². The lowest BCUT2D eigenvalue weighted by Gasteiger charge is -2.35. The van der Waals surface area contributed by atoms with Crippen LogP contribution in [0.2, 0.25) is 5.02 Å². The smallest absolute Gasteiger partial charge is 0.248 e. The van der Waals surface area contributed by atoms with Crippen LogP contribution in [0.15, 0.2) is 83.8 Å². The van der Waals surface area contributed by atoms with Crippen molar-refractivity contribution in [2.45, 2.75) is 4.90 Å². The van der Waals surface area contributed by atoms with Gasteiger partial charge in [0.1, 0.15) is 5.75 Å². The number of hydrogen-bond donors (Lipinski definition) is 1. The first-order valence-corrected chi connectivity index (χ1v) is 12.9. The van der Waals surface area contributed by atoms with E-state index in [4.69, 9.17) is 16.3 Å². The number of methoxy groups -OCH3 is 1. The third-order valence-electron chi connectivity index (χ3n) is 5.72. The normalized spacial score (nSPS) is 14.7. The lowest BCUT2D eigenvalue weighted by atomic mass is 10.2. The highest BCUT2D eigenvalue weighted by molar-refractivity contribution is 7.89. The number of nitrogens with zero attached hydrogens (tertiary/aromatic N) is 2. The highest BCUT2D eigenvalue weighted by Crippen LogP contribution is 2.29. The van der Waals surface area contributed by atoms with Gasteiger partial charge in [-0.05, 0) is 60.2 Å². The summed E-state index contributed by atoms with van der Waals surface area (Å²) in [4.78, 5) is 14.5. The molecule has 1 amide bonds.